The number of hydrogen-bond acceptors (Lipinski definition) is 4. The molecule has 1 heterocycles. The molecule has 0 aliphatic rings. The number of hydrogen-bond donors (Lipinski definition) is 0. The van der Waals surface area contributed by atoms with Crippen molar-refractivity contribution < 1.29 is 13.2 Å². The maximum atomic E-state index is 12.3. The van der Waals surface area contributed by atoms with E-state index < -0.39 is 17.4 Å². The highest BCUT2D eigenvalue weighted by molar-refractivity contribution is 5.59. The summed E-state index contributed by atoms with van der Waals surface area (Å²) in [4.78, 5) is 16.1. The molecule has 0 aliphatic carbocycles. The van der Waals surface area contributed by atoms with Crippen LogP contribution in [0.5, 0.6) is 0 Å². The zero-order valence-corrected chi connectivity index (χ0v) is 9.56. The minimum absolute atomic E-state index is 0.119. The van der Waals surface area contributed by atoms with E-state index in [-0.39, 0.29) is 5.70 Å². The first-order valence-corrected chi connectivity index (χ1v) is 4.70. The average Bonchev–Trinajstić information content (AvgIpc) is 2.24. The second-order valence-corrected chi connectivity index (χ2v) is 3.57. The fourth-order valence-electron chi connectivity index (χ4n) is 1.13. The Morgan fingerprint density at radius 1 is 1.56 bits per heavy atom. The molecule has 0 N–H and O–H groups in total. The largest absolute Gasteiger partial charge is 0.433 e. The highest BCUT2D eigenvalue weighted by atomic mass is 19.4. The lowest BCUT2D eigenvalue weighted by molar-refractivity contribution is -0.141. The van der Waals surface area contributed by atoms with Crippen molar-refractivity contribution in [2.45, 2.75) is 6.18 Å². The molecule has 0 fully saturated rings. The van der Waals surface area contributed by atoms with Gasteiger partial charge in [0.15, 0.2) is 5.69 Å². The van der Waals surface area contributed by atoms with Gasteiger partial charge in [-0.05, 0) is 0 Å². The normalized spacial score (nSPS) is 12.1. The first-order valence-electron chi connectivity index (χ1n) is 4.70. The topological polar surface area (TPSA) is 61.9 Å². The zero-order valence-electron chi connectivity index (χ0n) is 9.56. The van der Waals surface area contributed by atoms with Crippen molar-refractivity contribution in [3.63, 3.8) is 0 Å². The maximum absolute atomic E-state index is 12.3. The number of rotatable bonds is 2. The van der Waals surface area contributed by atoms with Crippen molar-refractivity contribution in [3.8, 4) is 6.07 Å². The van der Waals surface area contributed by atoms with Gasteiger partial charge in [-0.3, -0.25) is 9.36 Å². The predicted molar refractivity (Wildman–Crippen MR) is 57.1 cm³/mol. The smallest absolute Gasteiger partial charge is 0.381 e. The minimum Gasteiger partial charge on any atom is -0.381 e. The number of alkyl halides is 3. The molecule has 0 spiro atoms. The van der Waals surface area contributed by atoms with E-state index in [9.17, 15) is 18.0 Å². The molecule has 0 saturated carbocycles. The van der Waals surface area contributed by atoms with E-state index in [1.54, 1.807) is 20.2 Å². The van der Waals surface area contributed by atoms with Gasteiger partial charge in [0.2, 0.25) is 0 Å². The number of nitriles is 1. The van der Waals surface area contributed by atoms with Gasteiger partial charge in [0, 0.05) is 26.4 Å². The van der Waals surface area contributed by atoms with E-state index >= 15 is 0 Å². The predicted octanol–water partition coefficient (Wildman–Crippen LogP) is 1.15. The number of allylic oxidation sites excluding steroid dienone is 1. The number of aromatic nitrogens is 2. The lowest BCUT2D eigenvalue weighted by Gasteiger charge is -2.09. The standard InChI is InChI=1S/C10H9F3N4O/c1-16(2)5-7(4-14)17-6-15-8(3-9(17)18)10(11,12)13/h3,5-6H,1-2H3/b7-5+. The van der Waals surface area contributed by atoms with Crippen LogP contribution in [0.3, 0.4) is 0 Å². The first-order chi connectivity index (χ1) is 8.25. The summed E-state index contributed by atoms with van der Waals surface area (Å²) in [7, 11) is 3.22. The van der Waals surface area contributed by atoms with Gasteiger partial charge in [0.05, 0.1) is 0 Å². The molecule has 1 rings (SSSR count). The van der Waals surface area contributed by atoms with E-state index in [4.69, 9.17) is 5.26 Å². The van der Waals surface area contributed by atoms with Gasteiger partial charge in [0.25, 0.3) is 5.56 Å². The van der Waals surface area contributed by atoms with Crippen molar-refractivity contribution in [3.05, 3.63) is 34.6 Å². The third kappa shape index (κ3) is 3.10. The van der Waals surface area contributed by atoms with Crippen LogP contribution in [0.1, 0.15) is 5.69 Å². The summed E-state index contributed by atoms with van der Waals surface area (Å²) < 4.78 is 37.6. The maximum Gasteiger partial charge on any atom is 0.433 e. The molecule has 0 aliphatic heterocycles. The van der Waals surface area contributed by atoms with E-state index in [0.29, 0.717) is 12.4 Å². The van der Waals surface area contributed by atoms with Crippen LogP contribution >= 0.6 is 0 Å². The molecule has 5 nitrogen and oxygen atoms in total. The summed E-state index contributed by atoms with van der Waals surface area (Å²) in [5.74, 6) is 0. The number of halogens is 3. The first kappa shape index (κ1) is 13.8. The van der Waals surface area contributed by atoms with E-state index in [2.05, 4.69) is 4.98 Å². The minimum atomic E-state index is -4.68. The molecule has 18 heavy (non-hydrogen) atoms. The highest BCUT2D eigenvalue weighted by Gasteiger charge is 2.33. The van der Waals surface area contributed by atoms with Crippen LogP contribution in [-0.4, -0.2) is 28.5 Å². The Hall–Kier alpha value is -2.30. The van der Waals surface area contributed by atoms with Crippen LogP contribution in [0.2, 0.25) is 0 Å². The Bertz CT molecular complexity index is 566. The zero-order chi connectivity index (χ0) is 13.9. The van der Waals surface area contributed by atoms with Crippen molar-refractivity contribution in [1.82, 2.24) is 14.5 Å². The van der Waals surface area contributed by atoms with Gasteiger partial charge in [-0.25, -0.2) is 4.98 Å². The van der Waals surface area contributed by atoms with Crippen LogP contribution in [0.15, 0.2) is 23.4 Å². The molecule has 0 amide bonds. The van der Waals surface area contributed by atoms with Gasteiger partial charge in [-0.1, -0.05) is 0 Å². The van der Waals surface area contributed by atoms with Gasteiger partial charge < -0.3 is 4.90 Å². The van der Waals surface area contributed by atoms with E-state index in [0.717, 1.165) is 4.57 Å². The van der Waals surface area contributed by atoms with E-state index in [1.807, 2.05) is 0 Å². The van der Waals surface area contributed by atoms with Crippen molar-refractivity contribution in [1.29, 1.82) is 5.26 Å². The summed E-state index contributed by atoms with van der Waals surface area (Å²) in [6.07, 6.45) is -2.70. The van der Waals surface area contributed by atoms with Crippen LogP contribution in [0.25, 0.3) is 5.70 Å². The fourth-order valence-corrected chi connectivity index (χ4v) is 1.13. The third-order valence-corrected chi connectivity index (χ3v) is 1.85. The molecule has 0 bridgehead atoms. The second kappa shape index (κ2) is 4.91. The Labute approximate surface area is 100 Å². The van der Waals surface area contributed by atoms with Gasteiger partial charge in [-0.2, -0.15) is 18.4 Å². The van der Waals surface area contributed by atoms with Gasteiger partial charge in [0.1, 0.15) is 18.1 Å². The van der Waals surface area contributed by atoms with Crippen LogP contribution in [-0.2, 0) is 6.18 Å². The molecule has 0 aromatic carbocycles. The second-order valence-electron chi connectivity index (χ2n) is 3.57. The van der Waals surface area contributed by atoms with Crippen molar-refractivity contribution >= 4 is 5.70 Å². The fraction of sp³-hybridized carbons (Fsp3) is 0.300. The summed E-state index contributed by atoms with van der Waals surface area (Å²) in [6, 6.07) is 2.06. The molecular weight excluding hydrogens is 249 g/mol. The SMILES string of the molecule is CN(C)/C=C(\C#N)n1cnc(C(F)(F)F)cc1=O. The molecule has 0 radical (unpaired) electrons. The Kier molecular flexibility index (Phi) is 3.76. The van der Waals surface area contributed by atoms with Gasteiger partial charge in [-0.15, -0.1) is 0 Å². The molecule has 1 aromatic rings. The third-order valence-electron chi connectivity index (χ3n) is 1.85. The highest BCUT2D eigenvalue weighted by Crippen LogP contribution is 2.26. The molecule has 0 unspecified atom stereocenters. The van der Waals surface area contributed by atoms with E-state index in [1.165, 1.54) is 11.1 Å². The Morgan fingerprint density at radius 3 is 2.56 bits per heavy atom. The quantitative estimate of drug-likeness (QED) is 0.746. The molecule has 8 heteroatoms. The molecular formula is C10H9F3N4O. The van der Waals surface area contributed by atoms with Crippen molar-refractivity contribution in [2.75, 3.05) is 14.1 Å². The Balaban J connectivity index is 3.31. The van der Waals surface area contributed by atoms with Crippen LogP contribution < -0.4 is 5.56 Å². The van der Waals surface area contributed by atoms with Gasteiger partial charge >= 0.3 is 6.18 Å². The number of nitrogens with zero attached hydrogens (tertiary/aromatic N) is 4. The molecule has 96 valence electrons. The summed E-state index contributed by atoms with van der Waals surface area (Å²) in [5.41, 5.74) is -2.37. The average molecular weight is 258 g/mol. The summed E-state index contributed by atoms with van der Waals surface area (Å²) in [6.45, 7) is 0. The molecule has 0 saturated heterocycles. The molecule has 1 aromatic heterocycles. The van der Waals surface area contributed by atoms with Crippen LogP contribution in [0.4, 0.5) is 13.2 Å². The van der Waals surface area contributed by atoms with Crippen LogP contribution in [0, 0.1) is 11.3 Å². The lowest BCUT2D eigenvalue weighted by atomic mass is 10.4. The molecule has 0 atom stereocenters. The van der Waals surface area contributed by atoms with Crippen molar-refractivity contribution in [2.24, 2.45) is 0 Å². The summed E-state index contributed by atoms with van der Waals surface area (Å²) >= 11 is 0. The lowest BCUT2D eigenvalue weighted by Crippen LogP contribution is -2.23. The Morgan fingerprint density at radius 2 is 2.17 bits per heavy atom. The summed E-state index contributed by atoms with van der Waals surface area (Å²) in [5, 5.41) is 8.83. The monoisotopic (exact) mass is 258 g/mol.